The summed E-state index contributed by atoms with van der Waals surface area (Å²) in [6.45, 7) is 4.96. The van der Waals surface area contributed by atoms with Gasteiger partial charge in [0.2, 0.25) is 0 Å². The van der Waals surface area contributed by atoms with E-state index >= 15 is 0 Å². The lowest BCUT2D eigenvalue weighted by Crippen LogP contribution is -2.59. The third kappa shape index (κ3) is 2.57. The van der Waals surface area contributed by atoms with Crippen molar-refractivity contribution in [2.24, 2.45) is 0 Å². The molecular formula is C16H24N2O. The van der Waals surface area contributed by atoms with Crippen LogP contribution in [0.2, 0.25) is 0 Å². The summed E-state index contributed by atoms with van der Waals surface area (Å²) >= 11 is 0. The third-order valence-corrected chi connectivity index (χ3v) is 4.36. The highest BCUT2D eigenvalue weighted by Gasteiger charge is 2.34. The van der Waals surface area contributed by atoms with Crippen LogP contribution in [0.4, 0.5) is 5.69 Å². The fraction of sp³-hybridized carbons (Fsp3) is 0.625. The summed E-state index contributed by atoms with van der Waals surface area (Å²) in [4.78, 5) is 2.57. The second kappa shape index (κ2) is 5.83. The highest BCUT2D eigenvalue weighted by molar-refractivity contribution is 5.59. The Morgan fingerprint density at radius 3 is 3.00 bits per heavy atom. The number of nitrogens with one attached hydrogen (secondary N) is 1. The molecule has 2 fully saturated rings. The van der Waals surface area contributed by atoms with Crippen molar-refractivity contribution in [1.29, 1.82) is 0 Å². The molecule has 0 unspecified atom stereocenters. The highest BCUT2D eigenvalue weighted by Crippen LogP contribution is 2.35. The summed E-state index contributed by atoms with van der Waals surface area (Å²) in [5.74, 6) is 1.04. The van der Waals surface area contributed by atoms with Gasteiger partial charge in [0.05, 0.1) is 12.3 Å². The first-order valence-electron chi connectivity index (χ1n) is 7.62. The maximum atomic E-state index is 5.81. The summed E-state index contributed by atoms with van der Waals surface area (Å²) in [7, 11) is 0. The van der Waals surface area contributed by atoms with Gasteiger partial charge >= 0.3 is 0 Å². The Hall–Kier alpha value is -1.22. The number of nitrogens with zero attached hydrogens (tertiary/aromatic N) is 1. The number of ether oxygens (including phenoxy) is 1. The molecule has 0 bridgehead atoms. The third-order valence-electron chi connectivity index (χ3n) is 4.36. The lowest BCUT2D eigenvalue weighted by molar-refractivity contribution is 0.280. The molecule has 1 N–H and O–H groups in total. The molecule has 1 aromatic carbocycles. The highest BCUT2D eigenvalue weighted by atomic mass is 16.5. The number of piperazine rings is 1. The zero-order valence-corrected chi connectivity index (χ0v) is 11.8. The average Bonchev–Trinajstić information content (AvgIpc) is 2.48. The molecule has 19 heavy (non-hydrogen) atoms. The number of fused-ring (bicyclic) bond motifs is 1. The minimum Gasteiger partial charge on any atom is -0.492 e. The first-order chi connectivity index (χ1) is 9.40. The van der Waals surface area contributed by atoms with Gasteiger partial charge in [-0.1, -0.05) is 25.0 Å². The second-order valence-electron chi connectivity index (χ2n) is 5.51. The molecule has 1 aliphatic heterocycles. The molecule has 3 nitrogen and oxygen atoms in total. The normalized spacial score (nSPS) is 26.9. The number of anilines is 1. The van der Waals surface area contributed by atoms with Crippen LogP contribution >= 0.6 is 0 Å². The lowest BCUT2D eigenvalue weighted by Gasteiger charge is -2.46. The van der Waals surface area contributed by atoms with Gasteiger partial charge in [-0.05, 0) is 31.9 Å². The van der Waals surface area contributed by atoms with Gasteiger partial charge in [-0.2, -0.15) is 0 Å². The fourth-order valence-corrected chi connectivity index (χ4v) is 3.53. The monoisotopic (exact) mass is 260 g/mol. The summed E-state index contributed by atoms with van der Waals surface area (Å²) in [6.07, 6.45) is 5.35. The van der Waals surface area contributed by atoms with Gasteiger partial charge in [0, 0.05) is 25.2 Å². The van der Waals surface area contributed by atoms with Crippen LogP contribution in [-0.4, -0.2) is 31.8 Å². The predicted molar refractivity (Wildman–Crippen MR) is 79.0 cm³/mol. The fourth-order valence-electron chi connectivity index (χ4n) is 3.53. The van der Waals surface area contributed by atoms with Crippen molar-refractivity contribution < 1.29 is 4.74 Å². The van der Waals surface area contributed by atoms with Gasteiger partial charge in [0.15, 0.2) is 0 Å². The van der Waals surface area contributed by atoms with Crippen LogP contribution in [0.1, 0.15) is 32.6 Å². The molecule has 2 aliphatic rings. The number of rotatable bonds is 3. The first-order valence-corrected chi connectivity index (χ1v) is 7.62. The minimum absolute atomic E-state index is 0.643. The number of hydrogen-bond acceptors (Lipinski definition) is 3. The summed E-state index contributed by atoms with van der Waals surface area (Å²) in [5, 5.41) is 3.69. The molecule has 2 atom stereocenters. The van der Waals surface area contributed by atoms with E-state index in [1.807, 2.05) is 0 Å². The van der Waals surface area contributed by atoms with Gasteiger partial charge in [0.25, 0.3) is 0 Å². The molecule has 1 saturated heterocycles. The van der Waals surface area contributed by atoms with Gasteiger partial charge in [-0.3, -0.25) is 0 Å². The van der Waals surface area contributed by atoms with Gasteiger partial charge in [0.1, 0.15) is 5.75 Å². The summed E-state index contributed by atoms with van der Waals surface area (Å²) < 4.78 is 5.81. The van der Waals surface area contributed by atoms with E-state index in [4.69, 9.17) is 4.74 Å². The average molecular weight is 260 g/mol. The van der Waals surface area contributed by atoms with E-state index in [0.717, 1.165) is 25.4 Å². The second-order valence-corrected chi connectivity index (χ2v) is 5.51. The van der Waals surface area contributed by atoms with Gasteiger partial charge in [-0.25, -0.2) is 0 Å². The Bertz CT molecular complexity index is 419. The van der Waals surface area contributed by atoms with Crippen LogP contribution in [0.15, 0.2) is 24.3 Å². The Balaban J connectivity index is 1.87. The van der Waals surface area contributed by atoms with Gasteiger partial charge in [-0.15, -0.1) is 0 Å². The van der Waals surface area contributed by atoms with Crippen molar-refractivity contribution in [3.8, 4) is 5.75 Å². The van der Waals surface area contributed by atoms with E-state index in [1.54, 1.807) is 0 Å². The topological polar surface area (TPSA) is 24.5 Å². The number of benzene rings is 1. The standard InChI is InChI=1S/C16H24N2O/c1-2-19-16-10-6-5-9-15(16)18-12-11-17-13-7-3-4-8-14(13)18/h5-6,9-10,13-14,17H,2-4,7-8,11-12H2,1H3/t13-,14-/m1/s1. The van der Waals surface area contributed by atoms with E-state index in [2.05, 4.69) is 41.4 Å². The van der Waals surface area contributed by atoms with Crippen LogP contribution in [0.25, 0.3) is 0 Å². The van der Waals surface area contributed by atoms with Crippen LogP contribution in [-0.2, 0) is 0 Å². The van der Waals surface area contributed by atoms with Crippen molar-refractivity contribution in [2.45, 2.75) is 44.7 Å². The van der Waals surface area contributed by atoms with E-state index in [9.17, 15) is 0 Å². The molecule has 3 heteroatoms. The van der Waals surface area contributed by atoms with Crippen molar-refractivity contribution in [3.05, 3.63) is 24.3 Å². The zero-order chi connectivity index (χ0) is 13.1. The Morgan fingerprint density at radius 1 is 1.26 bits per heavy atom. The van der Waals surface area contributed by atoms with E-state index < -0.39 is 0 Å². The number of hydrogen-bond donors (Lipinski definition) is 1. The molecule has 104 valence electrons. The van der Waals surface area contributed by atoms with Crippen LogP contribution in [0, 0.1) is 0 Å². The van der Waals surface area contributed by atoms with E-state index in [0.29, 0.717) is 12.1 Å². The molecule has 1 aliphatic carbocycles. The molecule has 1 saturated carbocycles. The van der Waals surface area contributed by atoms with E-state index in [1.165, 1.54) is 31.4 Å². The SMILES string of the molecule is CCOc1ccccc1N1CCN[C@@H]2CCCC[C@H]21. The van der Waals surface area contributed by atoms with Crippen molar-refractivity contribution >= 4 is 5.69 Å². The Kier molecular flexibility index (Phi) is 3.92. The number of para-hydroxylation sites is 2. The first kappa shape index (κ1) is 12.8. The predicted octanol–water partition coefficient (Wildman–Crippen LogP) is 2.81. The van der Waals surface area contributed by atoms with Crippen LogP contribution in [0.3, 0.4) is 0 Å². The zero-order valence-electron chi connectivity index (χ0n) is 11.8. The minimum atomic E-state index is 0.643. The van der Waals surface area contributed by atoms with Crippen LogP contribution < -0.4 is 15.0 Å². The van der Waals surface area contributed by atoms with Crippen molar-refractivity contribution in [2.75, 3.05) is 24.6 Å². The Labute approximate surface area is 115 Å². The van der Waals surface area contributed by atoms with E-state index in [-0.39, 0.29) is 0 Å². The van der Waals surface area contributed by atoms with Gasteiger partial charge < -0.3 is 15.0 Å². The largest absolute Gasteiger partial charge is 0.492 e. The van der Waals surface area contributed by atoms with Crippen molar-refractivity contribution in [3.63, 3.8) is 0 Å². The van der Waals surface area contributed by atoms with Crippen molar-refractivity contribution in [1.82, 2.24) is 5.32 Å². The molecule has 3 rings (SSSR count). The quantitative estimate of drug-likeness (QED) is 0.904. The molecule has 0 spiro atoms. The maximum absolute atomic E-state index is 5.81. The smallest absolute Gasteiger partial charge is 0.142 e. The molecule has 0 aromatic heterocycles. The van der Waals surface area contributed by atoms with Crippen LogP contribution in [0.5, 0.6) is 5.75 Å². The lowest BCUT2D eigenvalue weighted by atomic mass is 9.87. The summed E-state index contributed by atoms with van der Waals surface area (Å²) in [5.41, 5.74) is 1.28. The maximum Gasteiger partial charge on any atom is 0.142 e. The molecule has 0 radical (unpaired) electrons. The Morgan fingerprint density at radius 2 is 2.11 bits per heavy atom. The molecular weight excluding hydrogens is 236 g/mol. The molecule has 1 heterocycles. The summed E-state index contributed by atoms with van der Waals surface area (Å²) in [6, 6.07) is 9.80. The molecule has 0 amide bonds. The molecule has 1 aromatic rings.